The first-order valence-electron chi connectivity index (χ1n) is 7.75. The highest BCUT2D eigenvalue weighted by Gasteiger charge is 2.31. The summed E-state index contributed by atoms with van der Waals surface area (Å²) in [5.74, 6) is -1.80. The number of aliphatic hydroxyl groups excluding tert-OH is 1. The largest absolute Gasteiger partial charge is 0.573 e. The fourth-order valence-electron chi connectivity index (χ4n) is 2.01. The number of anilines is 1. The molecule has 0 saturated heterocycles. The van der Waals surface area contributed by atoms with Crippen LogP contribution in [0.4, 0.5) is 18.9 Å². The molecular formula is C18H16F3NO5. The number of carbonyl (C=O) groups is 2. The second-order valence-electron chi connectivity index (χ2n) is 5.46. The zero-order valence-electron chi connectivity index (χ0n) is 14.1. The van der Waals surface area contributed by atoms with Crippen LogP contribution in [0.3, 0.4) is 0 Å². The molecule has 0 saturated carbocycles. The van der Waals surface area contributed by atoms with Gasteiger partial charge in [0, 0.05) is 5.69 Å². The van der Waals surface area contributed by atoms with Crippen LogP contribution in [-0.2, 0) is 16.1 Å². The fourth-order valence-corrected chi connectivity index (χ4v) is 2.01. The van der Waals surface area contributed by atoms with Crippen molar-refractivity contribution in [2.45, 2.75) is 26.0 Å². The van der Waals surface area contributed by atoms with Gasteiger partial charge in [0.05, 0.1) is 12.2 Å². The highest BCUT2D eigenvalue weighted by atomic mass is 19.4. The molecular weight excluding hydrogens is 367 g/mol. The van der Waals surface area contributed by atoms with E-state index in [1.54, 1.807) is 12.1 Å². The van der Waals surface area contributed by atoms with Crippen LogP contribution >= 0.6 is 0 Å². The van der Waals surface area contributed by atoms with Crippen molar-refractivity contribution in [1.82, 2.24) is 0 Å². The lowest BCUT2D eigenvalue weighted by atomic mass is 10.1. The Kier molecular flexibility index (Phi) is 6.40. The molecule has 0 heterocycles. The van der Waals surface area contributed by atoms with Crippen molar-refractivity contribution in [3.05, 3.63) is 59.7 Å². The second-order valence-corrected chi connectivity index (χ2v) is 5.46. The predicted octanol–water partition coefficient (Wildman–Crippen LogP) is 3.26. The maximum atomic E-state index is 12.1. The number of halogens is 3. The topological polar surface area (TPSA) is 84.9 Å². The number of amides is 1. The highest BCUT2D eigenvalue weighted by Crippen LogP contribution is 2.24. The number of hydrogen-bond acceptors (Lipinski definition) is 5. The minimum absolute atomic E-state index is 0.166. The van der Waals surface area contributed by atoms with Gasteiger partial charge in [-0.3, -0.25) is 4.79 Å². The van der Waals surface area contributed by atoms with Gasteiger partial charge >= 0.3 is 12.3 Å². The number of ether oxygens (including phenoxy) is 2. The number of nitrogens with one attached hydrogen (secondary N) is 1. The van der Waals surface area contributed by atoms with Crippen LogP contribution in [0.5, 0.6) is 5.75 Å². The van der Waals surface area contributed by atoms with Crippen LogP contribution in [-0.4, -0.2) is 29.4 Å². The van der Waals surface area contributed by atoms with E-state index in [4.69, 9.17) is 9.84 Å². The van der Waals surface area contributed by atoms with E-state index in [-0.39, 0.29) is 17.9 Å². The smallest absolute Gasteiger partial charge is 0.449 e. The molecule has 9 heteroatoms. The van der Waals surface area contributed by atoms with Gasteiger partial charge in [0.15, 0.2) is 6.10 Å². The average Bonchev–Trinajstić information content (AvgIpc) is 2.62. The number of hydrogen-bond donors (Lipinski definition) is 2. The van der Waals surface area contributed by atoms with Gasteiger partial charge in [-0.1, -0.05) is 12.1 Å². The van der Waals surface area contributed by atoms with Crippen molar-refractivity contribution in [2.75, 3.05) is 5.32 Å². The summed E-state index contributed by atoms with van der Waals surface area (Å²) in [6, 6.07) is 10.5. The molecule has 2 aromatic carbocycles. The number of aliphatic hydroxyl groups is 1. The molecule has 144 valence electrons. The number of esters is 1. The van der Waals surface area contributed by atoms with E-state index in [0.29, 0.717) is 5.56 Å². The lowest BCUT2D eigenvalue weighted by Gasteiger charge is -2.14. The molecule has 0 aliphatic heterocycles. The quantitative estimate of drug-likeness (QED) is 0.748. The molecule has 0 aliphatic carbocycles. The van der Waals surface area contributed by atoms with Crippen molar-refractivity contribution >= 4 is 17.6 Å². The summed E-state index contributed by atoms with van der Waals surface area (Å²) in [6.45, 7) is 1.19. The lowest BCUT2D eigenvalue weighted by molar-refractivity contribution is -0.274. The molecule has 0 aliphatic rings. The molecule has 1 amide bonds. The van der Waals surface area contributed by atoms with E-state index in [9.17, 15) is 22.8 Å². The molecule has 2 rings (SSSR count). The monoisotopic (exact) mass is 383 g/mol. The summed E-state index contributed by atoms with van der Waals surface area (Å²) < 4.78 is 45.1. The summed E-state index contributed by atoms with van der Waals surface area (Å²) in [6.07, 6.45) is -5.94. The van der Waals surface area contributed by atoms with Crippen LogP contribution in [0, 0.1) is 0 Å². The molecule has 2 N–H and O–H groups in total. The predicted molar refractivity (Wildman–Crippen MR) is 89.0 cm³/mol. The van der Waals surface area contributed by atoms with Gasteiger partial charge in [0.25, 0.3) is 5.91 Å². The first kappa shape index (κ1) is 20.2. The van der Waals surface area contributed by atoms with E-state index < -0.39 is 30.1 Å². The number of rotatable bonds is 6. The standard InChI is InChI=1S/C18H16F3NO5/c1-11(26-17(25)13-4-2-12(10-23)3-5-13)16(24)22-14-6-8-15(9-7-14)27-18(19,20)21/h2-9,11,23H,10H2,1H3,(H,22,24)/t11-/m0/s1. The molecule has 0 fully saturated rings. The Morgan fingerprint density at radius 1 is 1.07 bits per heavy atom. The van der Waals surface area contributed by atoms with Gasteiger partial charge in [-0.05, 0) is 48.9 Å². The van der Waals surface area contributed by atoms with Crippen molar-refractivity contribution in [2.24, 2.45) is 0 Å². The van der Waals surface area contributed by atoms with Gasteiger partial charge < -0.3 is 19.9 Å². The van der Waals surface area contributed by atoms with E-state index >= 15 is 0 Å². The van der Waals surface area contributed by atoms with Gasteiger partial charge in [-0.2, -0.15) is 0 Å². The third-order valence-corrected chi connectivity index (χ3v) is 3.38. The van der Waals surface area contributed by atoms with Crippen LogP contribution < -0.4 is 10.1 Å². The molecule has 2 aromatic rings. The van der Waals surface area contributed by atoms with Gasteiger partial charge in [0.1, 0.15) is 5.75 Å². The highest BCUT2D eigenvalue weighted by molar-refractivity contribution is 5.97. The van der Waals surface area contributed by atoms with Crippen LogP contribution in [0.2, 0.25) is 0 Å². The summed E-state index contributed by atoms with van der Waals surface area (Å²) in [4.78, 5) is 24.1. The average molecular weight is 383 g/mol. The number of benzene rings is 2. The maximum Gasteiger partial charge on any atom is 0.573 e. The minimum Gasteiger partial charge on any atom is -0.449 e. The zero-order valence-corrected chi connectivity index (χ0v) is 14.1. The maximum absolute atomic E-state index is 12.1. The van der Waals surface area contributed by atoms with Gasteiger partial charge in [-0.25, -0.2) is 4.79 Å². The summed E-state index contributed by atoms with van der Waals surface area (Å²) in [5.41, 5.74) is 1.04. The van der Waals surface area contributed by atoms with Crippen LogP contribution in [0.15, 0.2) is 48.5 Å². The van der Waals surface area contributed by atoms with Crippen LogP contribution in [0.25, 0.3) is 0 Å². The van der Waals surface area contributed by atoms with E-state index in [0.717, 1.165) is 12.1 Å². The summed E-state index contributed by atoms with van der Waals surface area (Å²) in [5, 5.41) is 11.4. The summed E-state index contributed by atoms with van der Waals surface area (Å²) in [7, 11) is 0. The van der Waals surface area contributed by atoms with Crippen molar-refractivity contribution in [1.29, 1.82) is 0 Å². The summed E-state index contributed by atoms with van der Waals surface area (Å²) >= 11 is 0. The minimum atomic E-state index is -4.80. The fraction of sp³-hybridized carbons (Fsp3) is 0.222. The SMILES string of the molecule is C[C@H](OC(=O)c1ccc(CO)cc1)C(=O)Nc1ccc(OC(F)(F)F)cc1. The Morgan fingerprint density at radius 2 is 1.67 bits per heavy atom. The Hall–Kier alpha value is -3.07. The Labute approximate surface area is 152 Å². The lowest BCUT2D eigenvalue weighted by Crippen LogP contribution is -2.30. The van der Waals surface area contributed by atoms with Gasteiger partial charge in [0.2, 0.25) is 0 Å². The van der Waals surface area contributed by atoms with Crippen molar-refractivity contribution in [3.8, 4) is 5.75 Å². The van der Waals surface area contributed by atoms with E-state index in [2.05, 4.69) is 10.1 Å². The molecule has 0 spiro atoms. The molecule has 6 nitrogen and oxygen atoms in total. The van der Waals surface area contributed by atoms with Crippen molar-refractivity contribution in [3.63, 3.8) is 0 Å². The third kappa shape index (κ3) is 6.30. The van der Waals surface area contributed by atoms with E-state index in [1.165, 1.54) is 31.2 Å². The molecule has 0 bridgehead atoms. The second kappa shape index (κ2) is 8.54. The third-order valence-electron chi connectivity index (χ3n) is 3.38. The number of alkyl halides is 3. The Morgan fingerprint density at radius 3 is 2.19 bits per heavy atom. The number of carbonyl (C=O) groups excluding carboxylic acids is 2. The van der Waals surface area contributed by atoms with Crippen LogP contribution in [0.1, 0.15) is 22.8 Å². The first-order valence-corrected chi connectivity index (χ1v) is 7.75. The van der Waals surface area contributed by atoms with Gasteiger partial charge in [-0.15, -0.1) is 13.2 Å². The molecule has 0 aromatic heterocycles. The molecule has 1 atom stereocenters. The Bertz CT molecular complexity index is 788. The molecule has 27 heavy (non-hydrogen) atoms. The van der Waals surface area contributed by atoms with Crippen molar-refractivity contribution < 1.29 is 37.3 Å². The zero-order chi connectivity index (χ0) is 20.0. The Balaban J connectivity index is 1.91. The molecule has 0 unspecified atom stereocenters. The molecule has 0 radical (unpaired) electrons. The normalized spacial score (nSPS) is 12.2. The first-order chi connectivity index (χ1) is 12.7. The van der Waals surface area contributed by atoms with E-state index in [1.807, 2.05) is 0 Å².